The van der Waals surface area contributed by atoms with E-state index in [1.165, 1.54) is 38.6 Å². The van der Waals surface area contributed by atoms with Crippen LogP contribution in [-0.4, -0.2) is 50.0 Å². The molecule has 0 bridgehead atoms. The second kappa shape index (κ2) is 9.54. The molecule has 0 aliphatic rings. The van der Waals surface area contributed by atoms with E-state index in [0.717, 1.165) is 9.13 Å². The molecule has 0 radical (unpaired) electrons. The highest BCUT2D eigenvalue weighted by atomic mass is 16.3. The normalized spacial score (nSPS) is 10.5. The van der Waals surface area contributed by atoms with E-state index >= 15 is 0 Å². The van der Waals surface area contributed by atoms with Crippen molar-refractivity contribution < 1.29 is 24.6 Å². The summed E-state index contributed by atoms with van der Waals surface area (Å²) < 4.78 is 2.24. The number of pyridine rings is 2. The molecule has 2 amide bonds. The largest absolute Gasteiger partial charge is 0.502 e. The fourth-order valence-electron chi connectivity index (χ4n) is 2.54. The van der Waals surface area contributed by atoms with Gasteiger partial charge in [0.2, 0.25) is 0 Å². The zero-order chi connectivity index (χ0) is 22.4. The second-order valence-corrected chi connectivity index (χ2v) is 6.54. The number of aromatic nitrogens is 2. The van der Waals surface area contributed by atoms with Crippen molar-refractivity contribution in [3.8, 4) is 11.5 Å². The van der Waals surface area contributed by atoms with Crippen LogP contribution in [0.1, 0.15) is 33.6 Å². The molecule has 0 aromatic carbocycles. The lowest BCUT2D eigenvalue weighted by atomic mass is 10.2. The van der Waals surface area contributed by atoms with Crippen molar-refractivity contribution >= 4 is 17.6 Å². The van der Waals surface area contributed by atoms with Crippen molar-refractivity contribution in [3.05, 3.63) is 56.4 Å². The van der Waals surface area contributed by atoms with Gasteiger partial charge in [0.05, 0.1) is 11.1 Å². The Morgan fingerprint density at radius 3 is 1.53 bits per heavy atom. The molecule has 2 heterocycles. The van der Waals surface area contributed by atoms with E-state index in [-0.39, 0.29) is 42.8 Å². The first-order valence-electron chi connectivity index (χ1n) is 8.98. The zero-order valence-electron chi connectivity index (χ0n) is 16.5. The van der Waals surface area contributed by atoms with Crippen LogP contribution in [-0.2, 0) is 18.9 Å². The summed E-state index contributed by atoms with van der Waals surface area (Å²) in [6, 6.07) is 2.57. The molecule has 11 nitrogen and oxygen atoms in total. The minimum Gasteiger partial charge on any atom is -0.502 e. The molecular formula is C19H22N4O7. The maximum absolute atomic E-state index is 12.0. The SMILES string of the molecule is Cn1ccc(C(=O)NCCC(=O)CCNC(=O)c2ccn(C)c(=O)c2O)c(O)c1=O. The van der Waals surface area contributed by atoms with Crippen molar-refractivity contribution in [2.24, 2.45) is 14.1 Å². The Morgan fingerprint density at radius 2 is 1.17 bits per heavy atom. The predicted octanol–water partition coefficient (Wildman–Crippen LogP) is -0.996. The number of amides is 2. The van der Waals surface area contributed by atoms with Crippen LogP contribution < -0.4 is 21.8 Å². The van der Waals surface area contributed by atoms with Gasteiger partial charge in [0, 0.05) is 52.4 Å². The summed E-state index contributed by atoms with van der Waals surface area (Å²) in [5.41, 5.74) is -1.80. The summed E-state index contributed by atoms with van der Waals surface area (Å²) in [5, 5.41) is 24.3. The van der Waals surface area contributed by atoms with Gasteiger partial charge in [0.1, 0.15) is 5.78 Å². The van der Waals surface area contributed by atoms with Gasteiger partial charge in [-0.3, -0.25) is 24.0 Å². The topological polar surface area (TPSA) is 160 Å². The molecular weight excluding hydrogens is 396 g/mol. The lowest BCUT2D eigenvalue weighted by molar-refractivity contribution is -0.118. The van der Waals surface area contributed by atoms with Crippen LogP contribution in [0, 0.1) is 0 Å². The third-order valence-electron chi connectivity index (χ3n) is 4.35. The first kappa shape index (κ1) is 22.4. The van der Waals surface area contributed by atoms with Gasteiger partial charge in [-0.1, -0.05) is 0 Å². The Hall–Kier alpha value is -3.89. The summed E-state index contributed by atoms with van der Waals surface area (Å²) in [7, 11) is 2.86. The molecule has 0 atom stereocenters. The lowest BCUT2D eigenvalue weighted by Gasteiger charge is -2.08. The average molecular weight is 418 g/mol. The first-order chi connectivity index (χ1) is 14.1. The molecule has 0 aliphatic carbocycles. The van der Waals surface area contributed by atoms with Gasteiger partial charge in [0.25, 0.3) is 22.9 Å². The van der Waals surface area contributed by atoms with Crippen molar-refractivity contribution in [2.45, 2.75) is 12.8 Å². The Kier molecular flexibility index (Phi) is 7.13. The number of nitrogens with one attached hydrogen (secondary N) is 2. The number of aromatic hydroxyl groups is 2. The van der Waals surface area contributed by atoms with Crippen molar-refractivity contribution in [2.75, 3.05) is 13.1 Å². The van der Waals surface area contributed by atoms with Crippen LogP contribution in [0.25, 0.3) is 0 Å². The molecule has 30 heavy (non-hydrogen) atoms. The van der Waals surface area contributed by atoms with Gasteiger partial charge in [0.15, 0.2) is 11.5 Å². The van der Waals surface area contributed by atoms with Gasteiger partial charge in [-0.15, -0.1) is 0 Å². The van der Waals surface area contributed by atoms with E-state index < -0.39 is 34.4 Å². The molecule has 0 saturated heterocycles. The van der Waals surface area contributed by atoms with Crippen molar-refractivity contribution in [3.63, 3.8) is 0 Å². The fourth-order valence-corrected chi connectivity index (χ4v) is 2.54. The van der Waals surface area contributed by atoms with Crippen LogP contribution in [0.5, 0.6) is 11.5 Å². The molecule has 11 heteroatoms. The molecule has 2 rings (SSSR count). The smallest absolute Gasteiger partial charge is 0.293 e. The molecule has 0 spiro atoms. The number of hydrogen-bond acceptors (Lipinski definition) is 7. The third kappa shape index (κ3) is 5.13. The average Bonchev–Trinajstić information content (AvgIpc) is 2.70. The van der Waals surface area contributed by atoms with E-state index in [1.807, 2.05) is 0 Å². The third-order valence-corrected chi connectivity index (χ3v) is 4.35. The number of carbonyl (C=O) groups is 3. The van der Waals surface area contributed by atoms with Crippen molar-refractivity contribution in [1.29, 1.82) is 0 Å². The first-order valence-corrected chi connectivity index (χ1v) is 8.98. The van der Waals surface area contributed by atoms with Gasteiger partial charge in [-0.25, -0.2) is 0 Å². The van der Waals surface area contributed by atoms with Crippen molar-refractivity contribution in [1.82, 2.24) is 19.8 Å². The van der Waals surface area contributed by atoms with Crippen LogP contribution >= 0.6 is 0 Å². The van der Waals surface area contributed by atoms with E-state index in [9.17, 15) is 34.2 Å². The summed E-state index contributed by atoms with van der Waals surface area (Å²) in [4.78, 5) is 59.2. The number of nitrogens with zero attached hydrogens (tertiary/aromatic N) is 2. The molecule has 2 aromatic rings. The molecule has 0 unspecified atom stereocenters. The maximum atomic E-state index is 12.0. The summed E-state index contributed by atoms with van der Waals surface area (Å²) in [6.45, 7) is -0.0362. The molecule has 0 aliphatic heterocycles. The Morgan fingerprint density at radius 1 is 0.800 bits per heavy atom. The number of Topliss-reactive ketones (excluding diaryl/α,β-unsaturated/α-hetero) is 1. The van der Waals surface area contributed by atoms with Crippen LogP contribution in [0.3, 0.4) is 0 Å². The van der Waals surface area contributed by atoms with Crippen LogP contribution in [0.4, 0.5) is 0 Å². The molecule has 4 N–H and O–H groups in total. The summed E-state index contributed by atoms with van der Waals surface area (Å²) in [6.07, 6.45) is 2.63. The number of hydrogen-bond donors (Lipinski definition) is 4. The molecule has 160 valence electrons. The highest BCUT2D eigenvalue weighted by Crippen LogP contribution is 2.10. The fraction of sp³-hybridized carbons (Fsp3) is 0.316. The molecule has 0 saturated carbocycles. The Labute approximate surface area is 170 Å². The van der Waals surface area contributed by atoms with Crippen LogP contribution in [0.2, 0.25) is 0 Å². The van der Waals surface area contributed by atoms with Gasteiger partial charge in [-0.05, 0) is 12.1 Å². The monoisotopic (exact) mass is 418 g/mol. The Bertz CT molecular complexity index is 1020. The van der Waals surface area contributed by atoms with Crippen LogP contribution in [0.15, 0.2) is 34.1 Å². The zero-order valence-corrected chi connectivity index (χ0v) is 16.5. The standard InChI is InChI=1S/C19H22N4O7/c1-22-9-5-12(14(25)18(22)29)16(27)20-7-3-11(24)4-8-21-17(28)13-6-10-23(2)19(30)15(13)26/h5-6,9-10,25-26H,3-4,7-8H2,1-2H3,(H,20,27)(H,21,28). The molecule has 0 fully saturated rings. The highest BCUT2D eigenvalue weighted by Gasteiger charge is 2.16. The number of carbonyl (C=O) groups excluding carboxylic acids is 3. The lowest BCUT2D eigenvalue weighted by Crippen LogP contribution is -2.30. The van der Waals surface area contributed by atoms with E-state index in [4.69, 9.17) is 0 Å². The minimum atomic E-state index is -0.711. The maximum Gasteiger partial charge on any atom is 0.293 e. The highest BCUT2D eigenvalue weighted by molar-refractivity contribution is 5.97. The second-order valence-electron chi connectivity index (χ2n) is 6.54. The quantitative estimate of drug-likeness (QED) is 0.428. The van der Waals surface area contributed by atoms with Gasteiger partial charge in [-0.2, -0.15) is 0 Å². The van der Waals surface area contributed by atoms with Gasteiger partial charge < -0.3 is 30.0 Å². The van der Waals surface area contributed by atoms with E-state index in [0.29, 0.717) is 0 Å². The van der Waals surface area contributed by atoms with E-state index in [1.54, 1.807) is 0 Å². The summed E-state index contributed by atoms with van der Waals surface area (Å²) in [5.74, 6) is -2.98. The molecule has 2 aromatic heterocycles. The number of rotatable bonds is 8. The Balaban J connectivity index is 1.78. The minimum absolute atomic E-state index is 0.0181. The van der Waals surface area contributed by atoms with Gasteiger partial charge >= 0.3 is 0 Å². The summed E-state index contributed by atoms with van der Waals surface area (Å²) >= 11 is 0. The number of ketones is 1. The number of aryl methyl sites for hydroxylation is 2. The van der Waals surface area contributed by atoms with E-state index in [2.05, 4.69) is 10.6 Å². The predicted molar refractivity (Wildman–Crippen MR) is 106 cm³/mol.